The first-order valence-corrected chi connectivity index (χ1v) is 9.50. The molecule has 0 saturated carbocycles. The van der Waals surface area contributed by atoms with Crippen molar-refractivity contribution < 1.29 is 8.42 Å². The van der Waals surface area contributed by atoms with Crippen molar-refractivity contribution in [3.8, 4) is 0 Å². The van der Waals surface area contributed by atoms with Gasteiger partial charge >= 0.3 is 0 Å². The lowest BCUT2D eigenvalue weighted by Gasteiger charge is -2.20. The van der Waals surface area contributed by atoms with Gasteiger partial charge in [-0.25, -0.2) is 8.42 Å². The number of nitrogens with zero attached hydrogens (tertiary/aromatic N) is 1. The zero-order valence-electron chi connectivity index (χ0n) is 12.9. The highest BCUT2D eigenvalue weighted by atomic mass is 32.2. The molecule has 118 valence electrons. The molecule has 0 bridgehead atoms. The Labute approximate surface area is 137 Å². The van der Waals surface area contributed by atoms with Gasteiger partial charge in [-0.2, -0.15) is 4.31 Å². The molecule has 0 unspecified atom stereocenters. The van der Waals surface area contributed by atoms with Crippen molar-refractivity contribution in [2.75, 3.05) is 6.54 Å². The number of benzene rings is 1. The van der Waals surface area contributed by atoms with E-state index in [1.54, 1.807) is 29.5 Å². The molecule has 0 fully saturated rings. The quantitative estimate of drug-likeness (QED) is 0.709. The van der Waals surface area contributed by atoms with Crippen molar-refractivity contribution in [1.29, 1.82) is 0 Å². The Kier molecular flexibility index (Phi) is 5.56. The summed E-state index contributed by atoms with van der Waals surface area (Å²) in [7, 11) is -3.51. The Morgan fingerprint density at radius 3 is 2.41 bits per heavy atom. The maximum Gasteiger partial charge on any atom is 0.243 e. The van der Waals surface area contributed by atoms with Gasteiger partial charge in [0.1, 0.15) is 0 Å². The van der Waals surface area contributed by atoms with Gasteiger partial charge in [-0.1, -0.05) is 38.1 Å². The second kappa shape index (κ2) is 7.22. The fourth-order valence-corrected chi connectivity index (χ4v) is 4.33. The topological polar surface area (TPSA) is 37.4 Å². The van der Waals surface area contributed by atoms with Gasteiger partial charge in [0.15, 0.2) is 0 Å². The molecule has 0 aliphatic rings. The minimum Gasteiger partial charge on any atom is -0.207 e. The number of thiophene rings is 1. The molecule has 0 aliphatic heterocycles. The molecule has 0 spiro atoms. The predicted molar refractivity (Wildman–Crippen MR) is 92.6 cm³/mol. The molecule has 0 atom stereocenters. The smallest absolute Gasteiger partial charge is 0.207 e. The first-order valence-electron chi connectivity index (χ1n) is 7.18. The lowest BCUT2D eigenvalue weighted by molar-refractivity contribution is 0.441. The van der Waals surface area contributed by atoms with Crippen molar-refractivity contribution >= 4 is 21.4 Å². The minimum absolute atomic E-state index is 0.298. The fraction of sp³-hybridized carbons (Fsp3) is 0.294. The summed E-state index contributed by atoms with van der Waals surface area (Å²) in [6, 6.07) is 11.0. The van der Waals surface area contributed by atoms with Gasteiger partial charge in [0.05, 0.1) is 4.90 Å². The molecule has 0 N–H and O–H groups in total. The monoisotopic (exact) mass is 335 g/mol. The summed E-state index contributed by atoms with van der Waals surface area (Å²) in [6.07, 6.45) is 1.62. The van der Waals surface area contributed by atoms with Crippen LogP contribution < -0.4 is 0 Å². The Balaban J connectivity index is 2.29. The Morgan fingerprint density at radius 2 is 1.91 bits per heavy atom. The second-order valence-corrected chi connectivity index (χ2v) is 8.36. The van der Waals surface area contributed by atoms with Crippen LogP contribution in [0.1, 0.15) is 30.2 Å². The van der Waals surface area contributed by atoms with Crippen LogP contribution in [0.4, 0.5) is 0 Å². The first kappa shape index (κ1) is 16.9. The highest BCUT2D eigenvalue weighted by molar-refractivity contribution is 7.89. The molecule has 0 aliphatic carbocycles. The number of rotatable bonds is 7. The molecule has 5 heteroatoms. The van der Waals surface area contributed by atoms with Gasteiger partial charge in [-0.05, 0) is 35.1 Å². The highest BCUT2D eigenvalue weighted by Gasteiger charge is 2.24. The van der Waals surface area contributed by atoms with E-state index < -0.39 is 10.0 Å². The molecule has 3 nitrogen and oxygen atoms in total. The van der Waals surface area contributed by atoms with E-state index in [0.29, 0.717) is 23.9 Å². The van der Waals surface area contributed by atoms with Crippen LogP contribution in [-0.4, -0.2) is 19.3 Å². The van der Waals surface area contributed by atoms with Gasteiger partial charge in [0.2, 0.25) is 10.0 Å². The standard InChI is InChI=1S/C17H21NO2S2/c1-4-11-18(13-16-6-5-12-21-16)22(19,20)17-9-7-15(8-10-17)14(2)3/h4-10,12,14H,1,11,13H2,2-3H3. The third-order valence-electron chi connectivity index (χ3n) is 3.43. The van der Waals surface area contributed by atoms with Gasteiger partial charge in [-0.3, -0.25) is 0 Å². The molecule has 1 aromatic heterocycles. The lowest BCUT2D eigenvalue weighted by atomic mass is 10.0. The zero-order valence-corrected chi connectivity index (χ0v) is 14.5. The van der Waals surface area contributed by atoms with Crippen LogP contribution in [0.15, 0.2) is 59.3 Å². The third-order valence-corrected chi connectivity index (χ3v) is 6.12. The Hall–Kier alpha value is -1.43. The summed E-state index contributed by atoms with van der Waals surface area (Å²) >= 11 is 1.55. The molecule has 2 rings (SSSR count). The van der Waals surface area contributed by atoms with Gasteiger partial charge in [-0.15, -0.1) is 17.9 Å². The number of hydrogen-bond donors (Lipinski definition) is 0. The average Bonchev–Trinajstić information content (AvgIpc) is 3.00. The molecule has 2 aromatic rings. The predicted octanol–water partition coefficient (Wildman–Crippen LogP) is 4.25. The molecule has 0 radical (unpaired) electrons. The molecular weight excluding hydrogens is 314 g/mol. The molecule has 1 heterocycles. The van der Waals surface area contributed by atoms with Crippen LogP contribution in [0.3, 0.4) is 0 Å². The zero-order chi connectivity index (χ0) is 16.2. The van der Waals surface area contributed by atoms with Crippen LogP contribution in [-0.2, 0) is 16.6 Å². The van der Waals surface area contributed by atoms with Gasteiger partial charge in [0, 0.05) is 18.0 Å². The van der Waals surface area contributed by atoms with E-state index in [0.717, 1.165) is 10.4 Å². The van der Waals surface area contributed by atoms with Crippen LogP contribution in [0.25, 0.3) is 0 Å². The van der Waals surface area contributed by atoms with E-state index in [9.17, 15) is 8.42 Å². The van der Waals surface area contributed by atoms with E-state index >= 15 is 0 Å². The summed E-state index contributed by atoms with van der Waals surface area (Å²) in [4.78, 5) is 1.35. The van der Waals surface area contributed by atoms with Crippen LogP contribution >= 0.6 is 11.3 Å². The van der Waals surface area contributed by atoms with E-state index in [4.69, 9.17) is 0 Å². The average molecular weight is 335 g/mol. The maximum atomic E-state index is 12.8. The normalized spacial score (nSPS) is 12.0. The van der Waals surface area contributed by atoms with E-state index in [-0.39, 0.29) is 0 Å². The minimum atomic E-state index is -3.51. The largest absolute Gasteiger partial charge is 0.243 e. The fourth-order valence-electron chi connectivity index (χ4n) is 2.14. The van der Waals surface area contributed by atoms with E-state index in [1.165, 1.54) is 4.31 Å². The van der Waals surface area contributed by atoms with Crippen LogP contribution in [0, 0.1) is 0 Å². The summed E-state index contributed by atoms with van der Waals surface area (Å²) in [5.74, 6) is 0.382. The highest BCUT2D eigenvalue weighted by Crippen LogP contribution is 2.22. The molecule has 1 aromatic carbocycles. The van der Waals surface area contributed by atoms with Crippen molar-refractivity contribution in [2.24, 2.45) is 0 Å². The molecular formula is C17H21NO2S2. The summed E-state index contributed by atoms with van der Waals surface area (Å²) in [6.45, 7) is 8.52. The molecule has 0 amide bonds. The van der Waals surface area contributed by atoms with E-state index in [1.807, 2.05) is 29.6 Å². The van der Waals surface area contributed by atoms with Crippen molar-refractivity contribution in [3.05, 3.63) is 64.9 Å². The first-order chi connectivity index (χ1) is 10.4. The Bertz CT molecular complexity index is 702. The number of sulfonamides is 1. The van der Waals surface area contributed by atoms with Gasteiger partial charge < -0.3 is 0 Å². The third kappa shape index (κ3) is 3.85. The molecule has 22 heavy (non-hydrogen) atoms. The Morgan fingerprint density at radius 1 is 1.23 bits per heavy atom. The summed E-state index contributed by atoms with van der Waals surface area (Å²) in [5.41, 5.74) is 1.13. The van der Waals surface area contributed by atoms with Crippen molar-refractivity contribution in [2.45, 2.75) is 31.2 Å². The molecule has 0 saturated heterocycles. The summed E-state index contributed by atoms with van der Waals surface area (Å²) in [5, 5.41) is 1.95. The SMILES string of the molecule is C=CCN(Cc1cccs1)S(=O)(=O)c1ccc(C(C)C)cc1. The van der Waals surface area contributed by atoms with E-state index in [2.05, 4.69) is 20.4 Å². The number of hydrogen-bond acceptors (Lipinski definition) is 3. The van der Waals surface area contributed by atoms with Crippen LogP contribution in [0.2, 0.25) is 0 Å². The van der Waals surface area contributed by atoms with Crippen molar-refractivity contribution in [1.82, 2.24) is 4.31 Å². The second-order valence-electron chi connectivity index (χ2n) is 5.39. The van der Waals surface area contributed by atoms with Crippen molar-refractivity contribution in [3.63, 3.8) is 0 Å². The summed E-state index contributed by atoms with van der Waals surface area (Å²) < 4.78 is 27.1. The maximum absolute atomic E-state index is 12.8. The van der Waals surface area contributed by atoms with Gasteiger partial charge in [0.25, 0.3) is 0 Å². The lowest BCUT2D eigenvalue weighted by Crippen LogP contribution is -2.30. The van der Waals surface area contributed by atoms with Crippen LogP contribution in [0.5, 0.6) is 0 Å².